The highest BCUT2D eigenvalue weighted by Crippen LogP contribution is 2.44. The van der Waals surface area contributed by atoms with Crippen LogP contribution in [0.3, 0.4) is 0 Å². The fraction of sp³-hybridized carbons (Fsp3) is 0.167. The molecule has 0 unspecified atom stereocenters. The molecular formula is C18H14F2N4O2S. The summed E-state index contributed by atoms with van der Waals surface area (Å²) in [6.45, 7) is 1.71. The summed E-state index contributed by atoms with van der Waals surface area (Å²) in [5.41, 5.74) is 8.31. The van der Waals surface area contributed by atoms with Crippen LogP contribution in [0.25, 0.3) is 32.0 Å². The van der Waals surface area contributed by atoms with Crippen LogP contribution >= 0.6 is 11.3 Å². The summed E-state index contributed by atoms with van der Waals surface area (Å²) in [6, 6.07) is 8.41. The number of benzene rings is 1. The Balaban J connectivity index is 1.94. The number of alkyl halides is 2. The molecule has 138 valence electrons. The number of nitrogen functional groups attached to an aromatic ring is 1. The van der Waals surface area contributed by atoms with Crippen molar-refractivity contribution in [3.63, 3.8) is 0 Å². The number of nitrogens with zero attached hydrogens (tertiary/aromatic N) is 3. The molecule has 0 aliphatic rings. The number of hydrogen-bond donors (Lipinski definition) is 1. The molecule has 0 amide bonds. The Morgan fingerprint density at radius 2 is 1.93 bits per heavy atom. The van der Waals surface area contributed by atoms with Gasteiger partial charge < -0.3 is 10.5 Å². The highest BCUT2D eigenvalue weighted by atomic mass is 32.1. The molecule has 0 saturated carbocycles. The average Bonchev–Trinajstić information content (AvgIpc) is 3.24. The van der Waals surface area contributed by atoms with Crippen LogP contribution in [0, 0.1) is 6.92 Å². The number of hydrogen-bond acceptors (Lipinski definition) is 7. The van der Waals surface area contributed by atoms with Gasteiger partial charge in [-0.15, -0.1) is 11.3 Å². The van der Waals surface area contributed by atoms with E-state index in [-0.39, 0.29) is 16.6 Å². The fourth-order valence-corrected chi connectivity index (χ4v) is 4.01. The molecule has 27 heavy (non-hydrogen) atoms. The molecule has 4 aromatic rings. The average molecular weight is 388 g/mol. The third-order valence-electron chi connectivity index (χ3n) is 4.22. The van der Waals surface area contributed by atoms with E-state index in [1.165, 1.54) is 17.4 Å². The minimum absolute atomic E-state index is 0.167. The van der Waals surface area contributed by atoms with Crippen LogP contribution in [0.2, 0.25) is 0 Å². The lowest BCUT2D eigenvalue weighted by Crippen LogP contribution is -1.94. The standard InChI is InChI=1S/C18H14F2N4O2S/c1-8-15(24-26-23-8)16-14(21)13-11(17(19)20)7-12(22-18(13)27-16)9-3-5-10(25-2)6-4-9/h3-7,17H,21H2,1-2H3. The quantitative estimate of drug-likeness (QED) is 0.538. The molecule has 0 bridgehead atoms. The number of thiophene rings is 1. The van der Waals surface area contributed by atoms with E-state index in [1.54, 1.807) is 38.3 Å². The largest absolute Gasteiger partial charge is 0.497 e. The van der Waals surface area contributed by atoms with Gasteiger partial charge in [0.1, 0.15) is 22.0 Å². The summed E-state index contributed by atoms with van der Waals surface area (Å²) < 4.78 is 37.4. The summed E-state index contributed by atoms with van der Waals surface area (Å²) >= 11 is 1.19. The SMILES string of the molecule is COc1ccc(-c2cc(C(F)F)c3c(N)c(-c4nonc4C)sc3n2)cc1. The number of ether oxygens (including phenoxy) is 1. The second-order valence-electron chi connectivity index (χ2n) is 5.85. The molecule has 3 aromatic heterocycles. The first-order chi connectivity index (χ1) is 13.0. The van der Waals surface area contributed by atoms with Crippen LogP contribution in [0.15, 0.2) is 35.0 Å². The minimum Gasteiger partial charge on any atom is -0.497 e. The van der Waals surface area contributed by atoms with Gasteiger partial charge in [-0.2, -0.15) is 0 Å². The van der Waals surface area contributed by atoms with Crippen LogP contribution in [0.4, 0.5) is 14.5 Å². The molecule has 0 aliphatic carbocycles. The van der Waals surface area contributed by atoms with Gasteiger partial charge in [-0.05, 0) is 42.4 Å². The van der Waals surface area contributed by atoms with Crippen LogP contribution in [-0.2, 0) is 0 Å². The molecule has 0 saturated heterocycles. The molecule has 4 rings (SSSR count). The zero-order valence-corrected chi connectivity index (χ0v) is 15.2. The first kappa shape index (κ1) is 17.3. The number of pyridine rings is 1. The molecule has 0 aliphatic heterocycles. The Bertz CT molecular complexity index is 1120. The summed E-state index contributed by atoms with van der Waals surface area (Å²) in [5, 5.41) is 7.80. The number of halogens is 2. The molecule has 6 nitrogen and oxygen atoms in total. The maximum atomic E-state index is 13.8. The van der Waals surface area contributed by atoms with Crippen molar-refractivity contribution in [2.75, 3.05) is 12.8 Å². The maximum absolute atomic E-state index is 13.8. The van der Waals surface area contributed by atoms with Crippen molar-refractivity contribution < 1.29 is 18.1 Å². The van der Waals surface area contributed by atoms with Crippen LogP contribution in [0.5, 0.6) is 5.75 Å². The van der Waals surface area contributed by atoms with Crippen molar-refractivity contribution in [3.8, 4) is 27.6 Å². The molecule has 9 heteroatoms. The number of fused-ring (bicyclic) bond motifs is 1. The lowest BCUT2D eigenvalue weighted by atomic mass is 10.1. The number of aromatic nitrogens is 3. The van der Waals surface area contributed by atoms with E-state index in [0.717, 1.165) is 0 Å². The first-order valence-corrected chi connectivity index (χ1v) is 8.76. The van der Waals surface area contributed by atoms with Crippen LogP contribution < -0.4 is 10.5 Å². The summed E-state index contributed by atoms with van der Waals surface area (Å²) in [4.78, 5) is 5.48. The third kappa shape index (κ3) is 2.89. The normalized spacial score (nSPS) is 11.4. The van der Waals surface area contributed by atoms with Gasteiger partial charge in [0.05, 0.1) is 23.4 Å². The smallest absolute Gasteiger partial charge is 0.264 e. The summed E-state index contributed by atoms with van der Waals surface area (Å²) in [7, 11) is 1.56. The van der Waals surface area contributed by atoms with Gasteiger partial charge in [0.15, 0.2) is 0 Å². The van der Waals surface area contributed by atoms with Crippen LogP contribution in [-0.4, -0.2) is 22.4 Å². The zero-order chi connectivity index (χ0) is 19.1. The second-order valence-corrected chi connectivity index (χ2v) is 6.85. The number of aryl methyl sites for hydroxylation is 1. The van der Waals surface area contributed by atoms with Gasteiger partial charge >= 0.3 is 0 Å². The van der Waals surface area contributed by atoms with Crippen molar-refractivity contribution in [1.82, 2.24) is 15.3 Å². The number of nitrogens with two attached hydrogens (primary N) is 1. The zero-order valence-electron chi connectivity index (χ0n) is 14.4. The van der Waals surface area contributed by atoms with E-state index in [4.69, 9.17) is 15.1 Å². The molecular weight excluding hydrogens is 374 g/mol. The van der Waals surface area contributed by atoms with E-state index in [9.17, 15) is 8.78 Å². The Labute approximate surface area is 156 Å². The molecule has 0 radical (unpaired) electrons. The first-order valence-electron chi connectivity index (χ1n) is 7.94. The summed E-state index contributed by atoms with van der Waals surface area (Å²) in [6.07, 6.45) is -2.70. The highest BCUT2D eigenvalue weighted by molar-refractivity contribution is 7.22. The van der Waals surface area contributed by atoms with E-state index in [2.05, 4.69) is 15.3 Å². The summed E-state index contributed by atoms with van der Waals surface area (Å²) in [5.74, 6) is 0.672. The number of methoxy groups -OCH3 is 1. The lowest BCUT2D eigenvalue weighted by molar-refractivity contribution is 0.153. The van der Waals surface area contributed by atoms with Gasteiger partial charge in [0.25, 0.3) is 6.43 Å². The maximum Gasteiger partial charge on any atom is 0.264 e. The van der Waals surface area contributed by atoms with E-state index < -0.39 is 6.43 Å². The predicted octanol–water partition coefficient (Wildman–Crippen LogP) is 4.85. The highest BCUT2D eigenvalue weighted by Gasteiger charge is 2.24. The van der Waals surface area contributed by atoms with Crippen LogP contribution in [0.1, 0.15) is 17.7 Å². The van der Waals surface area contributed by atoms with Gasteiger partial charge in [-0.25, -0.2) is 18.4 Å². The van der Waals surface area contributed by atoms with E-state index >= 15 is 0 Å². The molecule has 1 aromatic carbocycles. The minimum atomic E-state index is -2.70. The Hall–Kier alpha value is -3.07. The van der Waals surface area contributed by atoms with E-state index in [0.29, 0.717) is 38.1 Å². The molecule has 0 spiro atoms. The number of rotatable bonds is 4. The van der Waals surface area contributed by atoms with Gasteiger partial charge in [-0.3, -0.25) is 0 Å². The van der Waals surface area contributed by atoms with Crippen molar-refractivity contribution in [2.24, 2.45) is 0 Å². The van der Waals surface area contributed by atoms with E-state index in [1.807, 2.05) is 0 Å². The monoisotopic (exact) mass is 388 g/mol. The number of anilines is 1. The Kier molecular flexibility index (Phi) is 4.23. The molecule has 0 atom stereocenters. The predicted molar refractivity (Wildman–Crippen MR) is 99.0 cm³/mol. The molecule has 3 heterocycles. The third-order valence-corrected chi connectivity index (χ3v) is 5.32. The second kappa shape index (κ2) is 6.58. The lowest BCUT2D eigenvalue weighted by Gasteiger charge is -2.08. The molecule has 2 N–H and O–H groups in total. The van der Waals surface area contributed by atoms with Gasteiger partial charge in [0, 0.05) is 16.5 Å². The van der Waals surface area contributed by atoms with Crippen molar-refractivity contribution >= 4 is 27.2 Å². The van der Waals surface area contributed by atoms with Gasteiger partial charge in [-0.1, -0.05) is 5.16 Å². The topological polar surface area (TPSA) is 87.1 Å². The fourth-order valence-electron chi connectivity index (χ4n) is 2.85. The van der Waals surface area contributed by atoms with Gasteiger partial charge in [0.2, 0.25) is 0 Å². The van der Waals surface area contributed by atoms with Crippen molar-refractivity contribution in [1.29, 1.82) is 0 Å². The van der Waals surface area contributed by atoms with Crippen molar-refractivity contribution in [3.05, 3.63) is 41.6 Å². The Morgan fingerprint density at radius 3 is 2.52 bits per heavy atom. The Morgan fingerprint density at radius 1 is 1.19 bits per heavy atom. The molecule has 0 fully saturated rings. The van der Waals surface area contributed by atoms with Crippen molar-refractivity contribution in [2.45, 2.75) is 13.3 Å².